The Morgan fingerprint density at radius 2 is 1.75 bits per heavy atom. The number of carbonyl (C=O) groups excluding carboxylic acids is 7. The molecule has 0 bridgehead atoms. The standard InChI is InChI=1S/C46H55N7O8/c1-45(2,3)61-44(60)48-34-24-30-22-29(30)23-31-17-18-36(53(31)42(34)58)43(59)51-26-46(27-51,37-15-9-10-21-47-37)50-39(55)16-8-6-4-5-7-12-28-13-11-14-32-33(28)25-52(41(32)57)35-19-20-38(54)49-40(35)56/h9-11,13-15,21,29-31,34-36H,4-6,8,16-20,22-27H2,1-3H3,(H,48,60)(H,50,55)(H,49,54,56)/t29-,30+,31-,34+,35?,36+/m1/s1. The van der Waals surface area contributed by atoms with Crippen LogP contribution in [0.3, 0.4) is 0 Å². The first-order chi connectivity index (χ1) is 29.2. The van der Waals surface area contributed by atoms with Gasteiger partial charge in [-0.05, 0) is 114 Å². The van der Waals surface area contributed by atoms with Crippen molar-refractivity contribution in [1.82, 2.24) is 35.6 Å². The van der Waals surface area contributed by atoms with Gasteiger partial charge in [-0.3, -0.25) is 39.1 Å². The zero-order valence-corrected chi connectivity index (χ0v) is 35.2. The maximum atomic E-state index is 14.2. The molecular weight excluding hydrogens is 779 g/mol. The Morgan fingerprint density at radius 1 is 0.951 bits per heavy atom. The van der Waals surface area contributed by atoms with Gasteiger partial charge in [0.25, 0.3) is 5.91 Å². The molecule has 6 heterocycles. The molecule has 1 aliphatic carbocycles. The Hall–Kier alpha value is -5.78. The summed E-state index contributed by atoms with van der Waals surface area (Å²) in [5.41, 5.74) is 1.16. The van der Waals surface area contributed by atoms with Gasteiger partial charge < -0.3 is 30.1 Å². The molecule has 1 aromatic heterocycles. The summed E-state index contributed by atoms with van der Waals surface area (Å²) in [6, 6.07) is 8.78. The van der Waals surface area contributed by atoms with Gasteiger partial charge in [0.2, 0.25) is 29.5 Å². The number of ether oxygens (including phenoxy) is 1. The normalized spacial score (nSPS) is 26.3. The molecule has 0 spiro atoms. The zero-order chi connectivity index (χ0) is 43.1. The molecule has 8 rings (SSSR count). The fourth-order valence-electron chi connectivity index (χ4n) is 9.87. The fraction of sp³-hybridized carbons (Fsp3) is 0.565. The van der Waals surface area contributed by atoms with E-state index in [0.29, 0.717) is 61.6 Å². The smallest absolute Gasteiger partial charge is 0.408 e. The lowest BCUT2D eigenvalue weighted by Crippen LogP contribution is -2.71. The number of nitrogens with zero attached hydrogens (tertiary/aromatic N) is 4. The number of fused-ring (bicyclic) bond motifs is 3. The summed E-state index contributed by atoms with van der Waals surface area (Å²) >= 11 is 0. The van der Waals surface area contributed by atoms with E-state index in [9.17, 15) is 33.6 Å². The molecule has 0 radical (unpaired) electrons. The third kappa shape index (κ3) is 8.99. The number of rotatable bonds is 10. The lowest BCUT2D eigenvalue weighted by molar-refractivity contribution is -0.154. The quantitative estimate of drug-likeness (QED) is 0.182. The van der Waals surface area contributed by atoms with Crippen LogP contribution in [0.4, 0.5) is 4.79 Å². The Labute approximate surface area is 356 Å². The summed E-state index contributed by atoms with van der Waals surface area (Å²) in [6.45, 7) is 6.07. The lowest BCUT2D eigenvalue weighted by atomic mass is 9.84. The van der Waals surface area contributed by atoms with E-state index in [1.54, 1.807) is 48.9 Å². The molecule has 3 N–H and O–H groups in total. The molecule has 1 unspecified atom stereocenters. The molecule has 15 heteroatoms. The zero-order valence-electron chi connectivity index (χ0n) is 35.2. The summed E-state index contributed by atoms with van der Waals surface area (Å²) in [7, 11) is 0. The minimum absolute atomic E-state index is 0.0604. The average Bonchev–Trinajstić information content (AvgIpc) is 3.62. The molecule has 61 heavy (non-hydrogen) atoms. The average molecular weight is 834 g/mol. The van der Waals surface area contributed by atoms with Crippen LogP contribution in [0.15, 0.2) is 42.6 Å². The first-order valence-corrected chi connectivity index (χ1v) is 21.8. The highest BCUT2D eigenvalue weighted by Crippen LogP contribution is 2.49. The molecule has 1 saturated carbocycles. The highest BCUT2D eigenvalue weighted by Gasteiger charge is 2.55. The third-order valence-corrected chi connectivity index (χ3v) is 13.0. The Kier molecular flexibility index (Phi) is 11.6. The monoisotopic (exact) mass is 833 g/mol. The van der Waals surface area contributed by atoms with Crippen molar-refractivity contribution in [2.45, 2.75) is 140 Å². The summed E-state index contributed by atoms with van der Waals surface area (Å²) in [5.74, 6) is 5.75. The second-order valence-corrected chi connectivity index (χ2v) is 18.6. The van der Waals surface area contributed by atoms with Crippen molar-refractivity contribution >= 4 is 41.5 Å². The highest BCUT2D eigenvalue weighted by molar-refractivity contribution is 6.05. The van der Waals surface area contributed by atoms with Crippen molar-refractivity contribution in [2.75, 3.05) is 13.1 Å². The van der Waals surface area contributed by atoms with Crippen LogP contribution >= 0.6 is 0 Å². The van der Waals surface area contributed by atoms with E-state index in [-0.39, 0.29) is 61.6 Å². The number of likely N-dealkylation sites (tertiary alicyclic amines) is 1. The number of piperidine rings is 1. The van der Waals surface area contributed by atoms with Crippen LogP contribution < -0.4 is 16.0 Å². The Bertz CT molecular complexity index is 2170. The van der Waals surface area contributed by atoms with Gasteiger partial charge in [-0.15, -0.1) is 0 Å². The van der Waals surface area contributed by atoms with Crippen LogP contribution in [-0.4, -0.2) is 104 Å². The van der Waals surface area contributed by atoms with E-state index in [4.69, 9.17) is 4.74 Å². The van der Waals surface area contributed by atoms with Crippen LogP contribution in [0.2, 0.25) is 0 Å². The highest BCUT2D eigenvalue weighted by atomic mass is 16.6. The lowest BCUT2D eigenvalue weighted by Gasteiger charge is -2.51. The van der Waals surface area contributed by atoms with Crippen molar-refractivity contribution in [3.63, 3.8) is 0 Å². The summed E-state index contributed by atoms with van der Waals surface area (Å²) in [6.07, 6.45) is 8.32. The molecule has 1 aromatic carbocycles. The predicted molar refractivity (Wildman–Crippen MR) is 221 cm³/mol. The number of unbranched alkanes of at least 4 members (excludes halogenated alkanes) is 3. The van der Waals surface area contributed by atoms with Crippen LogP contribution in [-0.2, 0) is 40.8 Å². The minimum atomic E-state index is -0.856. The largest absolute Gasteiger partial charge is 0.444 e. The van der Waals surface area contributed by atoms with Crippen molar-refractivity contribution in [1.29, 1.82) is 0 Å². The number of alkyl carbamates (subject to hydrolysis) is 1. The number of hydrogen-bond donors (Lipinski definition) is 3. The maximum Gasteiger partial charge on any atom is 0.408 e. The minimum Gasteiger partial charge on any atom is -0.444 e. The van der Waals surface area contributed by atoms with E-state index in [1.807, 2.05) is 24.3 Å². The molecule has 6 aliphatic rings. The molecule has 5 aliphatic heterocycles. The number of benzene rings is 1. The molecule has 5 fully saturated rings. The van der Waals surface area contributed by atoms with Gasteiger partial charge >= 0.3 is 6.09 Å². The van der Waals surface area contributed by atoms with Crippen LogP contribution in [0.1, 0.15) is 125 Å². The molecule has 4 saturated heterocycles. The first kappa shape index (κ1) is 41.9. The van der Waals surface area contributed by atoms with Crippen molar-refractivity contribution in [3.8, 4) is 11.8 Å². The van der Waals surface area contributed by atoms with Gasteiger partial charge in [0, 0.05) is 49.2 Å². The third-order valence-electron chi connectivity index (χ3n) is 13.0. The second kappa shape index (κ2) is 16.9. The van der Waals surface area contributed by atoms with E-state index in [2.05, 4.69) is 32.8 Å². The maximum absolute atomic E-state index is 14.2. The van der Waals surface area contributed by atoms with Gasteiger partial charge in [-0.2, -0.15) is 0 Å². The van der Waals surface area contributed by atoms with Crippen molar-refractivity contribution < 1.29 is 38.3 Å². The van der Waals surface area contributed by atoms with Gasteiger partial charge in [0.15, 0.2) is 0 Å². The number of carbonyl (C=O) groups is 7. The Balaban J connectivity index is 0.836. The fourth-order valence-corrected chi connectivity index (χ4v) is 9.87. The van der Waals surface area contributed by atoms with Crippen molar-refractivity contribution in [3.05, 3.63) is 65.0 Å². The second-order valence-electron chi connectivity index (χ2n) is 18.6. The number of imide groups is 1. The SMILES string of the molecule is CC(C)(C)OC(=O)N[C@H]1C[C@@H]2C[C@@H]2C[C@H]2CC[C@@H](C(=O)N3CC(NC(=O)CCCCCC#Cc4cccc5c4CN(C4CCC(=O)NC4=O)C5=O)(c4ccccn4)C3)N2C1=O. The van der Waals surface area contributed by atoms with Gasteiger partial charge in [0.1, 0.15) is 29.3 Å². The predicted octanol–water partition coefficient (Wildman–Crippen LogP) is 3.68. The molecule has 2 aromatic rings. The number of nitrogens with one attached hydrogen (secondary N) is 3. The van der Waals surface area contributed by atoms with Gasteiger partial charge in [-0.25, -0.2) is 4.79 Å². The number of pyridine rings is 1. The van der Waals surface area contributed by atoms with E-state index < -0.39 is 41.3 Å². The van der Waals surface area contributed by atoms with Crippen LogP contribution in [0.5, 0.6) is 0 Å². The van der Waals surface area contributed by atoms with Crippen LogP contribution in [0, 0.1) is 23.7 Å². The number of aromatic nitrogens is 1. The molecular formula is C46H55N7O8. The van der Waals surface area contributed by atoms with Gasteiger partial charge in [-0.1, -0.05) is 30.4 Å². The summed E-state index contributed by atoms with van der Waals surface area (Å²) in [5, 5.41) is 8.37. The Morgan fingerprint density at radius 3 is 2.51 bits per heavy atom. The van der Waals surface area contributed by atoms with Gasteiger partial charge in [0.05, 0.1) is 18.8 Å². The van der Waals surface area contributed by atoms with Crippen molar-refractivity contribution in [2.24, 2.45) is 11.8 Å². The molecule has 7 amide bonds. The van der Waals surface area contributed by atoms with Crippen LogP contribution in [0.25, 0.3) is 0 Å². The summed E-state index contributed by atoms with van der Waals surface area (Å²) in [4.78, 5) is 101. The first-order valence-electron chi connectivity index (χ1n) is 21.8. The number of amides is 7. The van der Waals surface area contributed by atoms with E-state index in [0.717, 1.165) is 43.2 Å². The van der Waals surface area contributed by atoms with E-state index >= 15 is 0 Å². The number of hydrogen-bond acceptors (Lipinski definition) is 9. The molecule has 15 nitrogen and oxygen atoms in total. The molecule has 322 valence electrons. The van der Waals surface area contributed by atoms with E-state index in [1.165, 1.54) is 4.90 Å². The molecule has 6 atom stereocenters. The topological polar surface area (TPSA) is 187 Å². The summed E-state index contributed by atoms with van der Waals surface area (Å²) < 4.78 is 5.49.